The van der Waals surface area contributed by atoms with Gasteiger partial charge in [0.2, 0.25) is 11.6 Å². The summed E-state index contributed by atoms with van der Waals surface area (Å²) in [5.41, 5.74) is 0.340. The fraction of sp³-hybridized carbons (Fsp3) is 0.267. The molecule has 130 valence electrons. The molecule has 1 aromatic heterocycles. The molecule has 0 aliphatic rings. The van der Waals surface area contributed by atoms with Crippen LogP contribution in [-0.4, -0.2) is 46.4 Å². The highest BCUT2D eigenvalue weighted by Gasteiger charge is 2.22. The first-order chi connectivity index (χ1) is 11.3. The highest BCUT2D eigenvalue weighted by atomic mass is 32.2. The first-order valence-electron chi connectivity index (χ1n) is 6.68. The average Bonchev–Trinajstić information content (AvgIpc) is 2.58. The summed E-state index contributed by atoms with van der Waals surface area (Å²) in [4.78, 5) is 3.76. The molecular weight excluding hydrogens is 338 g/mol. The summed E-state index contributed by atoms with van der Waals surface area (Å²) in [5.74, 6) is 1.17. The van der Waals surface area contributed by atoms with E-state index in [-0.39, 0.29) is 16.5 Å². The lowest BCUT2D eigenvalue weighted by atomic mass is 10.1. The molecule has 0 aliphatic carbocycles. The van der Waals surface area contributed by atoms with Gasteiger partial charge in [0.15, 0.2) is 11.5 Å². The molecule has 0 fully saturated rings. The number of methoxy groups -OCH3 is 4. The molecule has 2 rings (SSSR count). The smallest absolute Gasteiger partial charge is 0.296 e. The molecule has 2 aromatic rings. The number of rotatable bonds is 6. The molecule has 0 saturated carbocycles. The minimum atomic E-state index is -4.49. The highest BCUT2D eigenvalue weighted by molar-refractivity contribution is 7.86. The van der Waals surface area contributed by atoms with Gasteiger partial charge in [0, 0.05) is 11.6 Å². The Morgan fingerprint density at radius 2 is 1.50 bits per heavy atom. The number of ether oxygens (including phenoxy) is 4. The van der Waals surface area contributed by atoms with Crippen molar-refractivity contribution in [1.29, 1.82) is 0 Å². The Bertz CT molecular complexity index is 824. The van der Waals surface area contributed by atoms with Crippen LogP contribution in [-0.2, 0) is 10.1 Å². The maximum absolute atomic E-state index is 11.6. The second kappa shape index (κ2) is 6.93. The van der Waals surface area contributed by atoms with Gasteiger partial charge in [-0.3, -0.25) is 4.55 Å². The van der Waals surface area contributed by atoms with Gasteiger partial charge in [-0.2, -0.15) is 8.42 Å². The van der Waals surface area contributed by atoms with Crippen LogP contribution in [0.2, 0.25) is 0 Å². The average molecular weight is 355 g/mol. The molecule has 0 amide bonds. The van der Waals surface area contributed by atoms with E-state index in [4.69, 9.17) is 18.9 Å². The van der Waals surface area contributed by atoms with Gasteiger partial charge in [-0.25, -0.2) is 4.98 Å². The van der Waals surface area contributed by atoms with Gasteiger partial charge in [-0.1, -0.05) is 0 Å². The van der Waals surface area contributed by atoms with E-state index in [1.807, 2.05) is 0 Å². The zero-order valence-electron chi connectivity index (χ0n) is 13.6. The molecule has 1 aromatic carbocycles. The number of nitrogens with zero attached hydrogens (tertiary/aromatic N) is 1. The summed E-state index contributed by atoms with van der Waals surface area (Å²) in [6, 6.07) is 5.60. The topological polar surface area (TPSA) is 104 Å². The highest BCUT2D eigenvalue weighted by Crippen LogP contribution is 2.42. The van der Waals surface area contributed by atoms with Crippen molar-refractivity contribution in [2.45, 2.75) is 4.90 Å². The molecule has 0 bridgehead atoms. The third-order valence-electron chi connectivity index (χ3n) is 3.26. The Hall–Kier alpha value is -2.52. The first kappa shape index (κ1) is 17.8. The molecule has 0 unspecified atom stereocenters. The quantitative estimate of drug-likeness (QED) is 0.785. The van der Waals surface area contributed by atoms with E-state index in [0.29, 0.717) is 22.8 Å². The molecule has 1 heterocycles. The minimum Gasteiger partial charge on any atom is -0.493 e. The van der Waals surface area contributed by atoms with E-state index in [2.05, 4.69) is 4.98 Å². The summed E-state index contributed by atoms with van der Waals surface area (Å²) >= 11 is 0. The van der Waals surface area contributed by atoms with Crippen molar-refractivity contribution in [3.63, 3.8) is 0 Å². The summed E-state index contributed by atoms with van der Waals surface area (Å²) in [5, 5.41) is 0. The maximum atomic E-state index is 11.6. The van der Waals surface area contributed by atoms with E-state index in [1.165, 1.54) is 52.7 Å². The Labute approximate surface area is 139 Å². The Kier molecular flexibility index (Phi) is 5.15. The van der Waals surface area contributed by atoms with Crippen LogP contribution in [0.4, 0.5) is 0 Å². The zero-order chi connectivity index (χ0) is 17.9. The Balaban J connectivity index is 2.80. The van der Waals surface area contributed by atoms with Crippen molar-refractivity contribution in [2.24, 2.45) is 0 Å². The predicted octanol–water partition coefficient (Wildman–Crippen LogP) is 2.03. The van der Waals surface area contributed by atoms with E-state index in [0.717, 1.165) is 0 Å². The summed E-state index contributed by atoms with van der Waals surface area (Å²) < 4.78 is 53.5. The van der Waals surface area contributed by atoms with E-state index < -0.39 is 10.1 Å². The first-order valence-corrected chi connectivity index (χ1v) is 8.12. The number of hydrogen-bond acceptors (Lipinski definition) is 7. The fourth-order valence-electron chi connectivity index (χ4n) is 2.17. The van der Waals surface area contributed by atoms with Gasteiger partial charge in [-0.05, 0) is 18.2 Å². The van der Waals surface area contributed by atoms with Crippen LogP contribution in [0.25, 0.3) is 11.3 Å². The number of hydrogen-bond donors (Lipinski definition) is 1. The normalized spacial score (nSPS) is 11.0. The molecule has 0 atom stereocenters. The standard InChI is InChI=1S/C15H17NO7S/c1-20-10-7-9(8-11(21-2)15(10)23-4)14-12(24(17,18)19)5-6-13(16-14)22-3/h5-8H,1-4H3,(H,17,18,19). The zero-order valence-corrected chi connectivity index (χ0v) is 14.4. The molecule has 0 saturated heterocycles. The van der Waals surface area contributed by atoms with Crippen molar-refractivity contribution in [3.8, 4) is 34.4 Å². The van der Waals surface area contributed by atoms with Crippen LogP contribution in [0.5, 0.6) is 23.1 Å². The second-order valence-electron chi connectivity index (χ2n) is 4.59. The van der Waals surface area contributed by atoms with Crippen molar-refractivity contribution in [1.82, 2.24) is 4.98 Å². The van der Waals surface area contributed by atoms with Gasteiger partial charge < -0.3 is 18.9 Å². The molecule has 24 heavy (non-hydrogen) atoms. The van der Waals surface area contributed by atoms with Crippen LogP contribution >= 0.6 is 0 Å². The Morgan fingerprint density at radius 1 is 0.917 bits per heavy atom. The number of benzene rings is 1. The van der Waals surface area contributed by atoms with Crippen LogP contribution in [0.15, 0.2) is 29.2 Å². The summed E-state index contributed by atoms with van der Waals surface area (Å²) in [6.07, 6.45) is 0. The van der Waals surface area contributed by atoms with E-state index in [9.17, 15) is 13.0 Å². The lowest BCUT2D eigenvalue weighted by molar-refractivity contribution is 0.324. The van der Waals surface area contributed by atoms with Gasteiger partial charge in [-0.15, -0.1) is 0 Å². The van der Waals surface area contributed by atoms with Gasteiger partial charge >= 0.3 is 0 Å². The third kappa shape index (κ3) is 3.36. The van der Waals surface area contributed by atoms with Crippen LogP contribution < -0.4 is 18.9 Å². The van der Waals surface area contributed by atoms with Crippen molar-refractivity contribution in [3.05, 3.63) is 24.3 Å². The molecule has 8 nitrogen and oxygen atoms in total. The molecular formula is C15H17NO7S. The van der Waals surface area contributed by atoms with Crippen molar-refractivity contribution < 1.29 is 31.9 Å². The largest absolute Gasteiger partial charge is 0.493 e. The monoisotopic (exact) mass is 355 g/mol. The summed E-state index contributed by atoms with van der Waals surface area (Å²) in [6.45, 7) is 0. The van der Waals surface area contributed by atoms with Crippen LogP contribution in [0.3, 0.4) is 0 Å². The molecule has 0 radical (unpaired) electrons. The molecule has 0 aliphatic heterocycles. The van der Waals surface area contributed by atoms with Crippen molar-refractivity contribution >= 4 is 10.1 Å². The molecule has 1 N–H and O–H groups in total. The molecule has 9 heteroatoms. The molecule has 0 spiro atoms. The predicted molar refractivity (Wildman–Crippen MR) is 85.7 cm³/mol. The van der Waals surface area contributed by atoms with E-state index >= 15 is 0 Å². The SMILES string of the molecule is COc1ccc(S(=O)(=O)O)c(-c2cc(OC)c(OC)c(OC)c2)n1. The number of aromatic nitrogens is 1. The van der Waals surface area contributed by atoms with Crippen LogP contribution in [0.1, 0.15) is 0 Å². The Morgan fingerprint density at radius 3 is 1.92 bits per heavy atom. The fourth-order valence-corrected chi connectivity index (χ4v) is 2.82. The van der Waals surface area contributed by atoms with Gasteiger partial charge in [0.05, 0.1) is 34.1 Å². The minimum absolute atomic E-state index is 0.00361. The van der Waals surface area contributed by atoms with Gasteiger partial charge in [0.1, 0.15) is 4.90 Å². The summed E-state index contributed by atoms with van der Waals surface area (Å²) in [7, 11) is 1.23. The van der Waals surface area contributed by atoms with Crippen molar-refractivity contribution in [2.75, 3.05) is 28.4 Å². The lowest BCUT2D eigenvalue weighted by Gasteiger charge is -2.15. The van der Waals surface area contributed by atoms with Crippen LogP contribution in [0, 0.1) is 0 Å². The maximum Gasteiger partial charge on any atom is 0.296 e. The lowest BCUT2D eigenvalue weighted by Crippen LogP contribution is -2.04. The van der Waals surface area contributed by atoms with Gasteiger partial charge in [0.25, 0.3) is 10.1 Å². The number of pyridine rings is 1. The second-order valence-corrected chi connectivity index (χ2v) is 5.98. The third-order valence-corrected chi connectivity index (χ3v) is 4.14. The van der Waals surface area contributed by atoms with E-state index in [1.54, 1.807) is 0 Å².